The van der Waals surface area contributed by atoms with Crippen LogP contribution >= 0.6 is 0 Å². The van der Waals surface area contributed by atoms with Gasteiger partial charge in [0.2, 0.25) is 0 Å². The predicted molar refractivity (Wildman–Crippen MR) is 141 cm³/mol. The number of amides is 2. The lowest BCUT2D eigenvalue weighted by Gasteiger charge is -2.44. The van der Waals surface area contributed by atoms with Gasteiger partial charge in [0.05, 0.1) is 0 Å². The molecule has 35 heavy (non-hydrogen) atoms. The molecule has 2 amide bonds. The largest absolute Gasteiger partial charge is 0.352 e. The molecule has 0 spiro atoms. The highest BCUT2D eigenvalue weighted by atomic mass is 16.2. The molecule has 0 unspecified atom stereocenters. The Morgan fingerprint density at radius 3 is 2.14 bits per heavy atom. The zero-order valence-electron chi connectivity index (χ0n) is 20.1. The van der Waals surface area contributed by atoms with Gasteiger partial charge in [-0.05, 0) is 92.2 Å². The van der Waals surface area contributed by atoms with E-state index >= 15 is 0 Å². The molecule has 5 nitrogen and oxygen atoms in total. The number of hydrogen-bond acceptors (Lipinski definition) is 3. The zero-order chi connectivity index (χ0) is 24.0. The number of nitrogens with zero attached hydrogens (tertiary/aromatic N) is 1. The van der Waals surface area contributed by atoms with Crippen molar-refractivity contribution in [3.05, 3.63) is 90.0 Å². The number of hydrogen-bond donors (Lipinski definition) is 2. The van der Waals surface area contributed by atoms with Gasteiger partial charge in [-0.15, -0.1) is 0 Å². The molecule has 0 bridgehead atoms. The lowest BCUT2D eigenvalue weighted by molar-refractivity contribution is 0.0575. The second kappa shape index (κ2) is 10.9. The summed E-state index contributed by atoms with van der Waals surface area (Å²) in [6.07, 6.45) is 6.27. The fraction of sp³-hybridized carbons (Fsp3) is 0.333. The van der Waals surface area contributed by atoms with Gasteiger partial charge in [0, 0.05) is 29.4 Å². The number of benzene rings is 3. The highest BCUT2D eigenvalue weighted by molar-refractivity contribution is 6.04. The van der Waals surface area contributed by atoms with Crippen molar-refractivity contribution >= 4 is 17.5 Å². The monoisotopic (exact) mass is 467 g/mol. The maximum absolute atomic E-state index is 12.7. The molecule has 2 saturated heterocycles. The van der Waals surface area contributed by atoms with E-state index < -0.39 is 0 Å². The minimum Gasteiger partial charge on any atom is -0.352 e. The molecular weight excluding hydrogens is 434 g/mol. The molecule has 2 atom stereocenters. The quantitative estimate of drug-likeness (QED) is 0.496. The molecule has 0 saturated carbocycles. The highest BCUT2D eigenvalue weighted by Gasteiger charge is 2.32. The first kappa shape index (κ1) is 23.3. The molecule has 2 fully saturated rings. The molecule has 3 aromatic carbocycles. The molecule has 5 heteroatoms. The fourth-order valence-electron chi connectivity index (χ4n) is 5.49. The van der Waals surface area contributed by atoms with Gasteiger partial charge >= 0.3 is 0 Å². The van der Waals surface area contributed by atoms with Gasteiger partial charge in [0.25, 0.3) is 11.8 Å². The van der Waals surface area contributed by atoms with E-state index in [1.807, 2.05) is 54.6 Å². The summed E-state index contributed by atoms with van der Waals surface area (Å²) in [5, 5.41) is 6.08. The van der Waals surface area contributed by atoms with E-state index in [0.29, 0.717) is 28.8 Å². The van der Waals surface area contributed by atoms with Crippen molar-refractivity contribution in [3.8, 4) is 11.1 Å². The van der Waals surface area contributed by atoms with Crippen molar-refractivity contribution in [2.45, 2.75) is 38.1 Å². The van der Waals surface area contributed by atoms with Crippen molar-refractivity contribution in [1.29, 1.82) is 0 Å². The van der Waals surface area contributed by atoms with E-state index in [1.54, 1.807) is 24.3 Å². The normalized spacial score (nSPS) is 20.0. The second-order valence-electron chi connectivity index (χ2n) is 9.69. The standard InChI is InChI=1S/C30H33N3O2/c34-29(31-21-26-9-6-20-33-19-5-4-10-28(26)33)24-15-17-27(18-16-24)32-30(35)25-13-11-23(12-14-25)22-7-2-1-3-8-22/h1-3,7-8,11-18,26,28H,4-6,9-10,19-21H2,(H,31,34)(H,32,35)/t26-,28+/m0/s1. The van der Waals surface area contributed by atoms with E-state index in [9.17, 15) is 9.59 Å². The van der Waals surface area contributed by atoms with Crippen LogP contribution in [0.3, 0.4) is 0 Å². The maximum Gasteiger partial charge on any atom is 0.255 e. The first-order valence-electron chi connectivity index (χ1n) is 12.8. The number of anilines is 1. The third-order valence-corrected chi connectivity index (χ3v) is 7.41. The molecule has 0 radical (unpaired) electrons. The summed E-state index contributed by atoms with van der Waals surface area (Å²) in [4.78, 5) is 28.0. The molecule has 2 heterocycles. The Morgan fingerprint density at radius 1 is 0.714 bits per heavy atom. The first-order chi connectivity index (χ1) is 17.2. The summed E-state index contributed by atoms with van der Waals surface area (Å²) < 4.78 is 0. The Hall–Kier alpha value is -3.44. The van der Waals surface area contributed by atoms with Crippen molar-refractivity contribution < 1.29 is 9.59 Å². The molecule has 2 aliphatic rings. The molecule has 0 aromatic heterocycles. The van der Waals surface area contributed by atoms with Crippen molar-refractivity contribution in [1.82, 2.24) is 10.2 Å². The van der Waals surface area contributed by atoms with Crippen molar-refractivity contribution in [2.75, 3.05) is 25.0 Å². The number of rotatable bonds is 6. The summed E-state index contributed by atoms with van der Waals surface area (Å²) in [5.74, 6) is 0.322. The number of carbonyl (C=O) groups is 2. The molecule has 5 rings (SSSR count). The average molecular weight is 468 g/mol. The van der Waals surface area contributed by atoms with E-state index in [0.717, 1.165) is 17.7 Å². The Kier molecular flexibility index (Phi) is 7.24. The van der Waals surface area contributed by atoms with Crippen molar-refractivity contribution in [2.24, 2.45) is 5.92 Å². The third kappa shape index (κ3) is 5.63. The van der Waals surface area contributed by atoms with Crippen LogP contribution in [0, 0.1) is 5.92 Å². The number of nitrogens with one attached hydrogen (secondary N) is 2. The molecule has 3 aromatic rings. The third-order valence-electron chi connectivity index (χ3n) is 7.41. The maximum atomic E-state index is 12.7. The van der Waals surface area contributed by atoms with Crippen LogP contribution in [0.4, 0.5) is 5.69 Å². The summed E-state index contributed by atoms with van der Waals surface area (Å²) >= 11 is 0. The number of fused-ring (bicyclic) bond motifs is 1. The Balaban J connectivity index is 1.14. The molecule has 180 valence electrons. The molecule has 0 aliphatic carbocycles. The fourth-order valence-corrected chi connectivity index (χ4v) is 5.49. The molecule has 2 N–H and O–H groups in total. The van der Waals surface area contributed by atoms with E-state index in [1.165, 1.54) is 45.2 Å². The van der Waals surface area contributed by atoms with Crippen LogP contribution in [0.1, 0.15) is 52.8 Å². The minimum atomic E-state index is -0.170. The molecule has 2 aliphatic heterocycles. The molecular formula is C30H33N3O2. The van der Waals surface area contributed by atoms with Gasteiger partial charge in [-0.2, -0.15) is 0 Å². The van der Waals surface area contributed by atoms with Crippen LogP contribution < -0.4 is 10.6 Å². The lowest BCUT2D eigenvalue weighted by Crippen LogP contribution is -2.51. The van der Waals surface area contributed by atoms with Gasteiger partial charge in [-0.3, -0.25) is 9.59 Å². The first-order valence-corrected chi connectivity index (χ1v) is 12.8. The smallest absolute Gasteiger partial charge is 0.255 e. The van der Waals surface area contributed by atoms with Gasteiger partial charge in [-0.1, -0.05) is 48.9 Å². The Bertz CT molecular complexity index is 1140. The Morgan fingerprint density at radius 2 is 1.37 bits per heavy atom. The van der Waals surface area contributed by atoms with Crippen LogP contribution in [-0.4, -0.2) is 42.4 Å². The van der Waals surface area contributed by atoms with Gasteiger partial charge < -0.3 is 15.5 Å². The van der Waals surface area contributed by atoms with E-state index in [4.69, 9.17) is 0 Å². The lowest BCUT2D eigenvalue weighted by atomic mass is 9.83. The average Bonchev–Trinajstić information content (AvgIpc) is 2.92. The summed E-state index contributed by atoms with van der Waals surface area (Å²) in [6, 6.07) is 25.4. The Labute approximate surface area is 207 Å². The van der Waals surface area contributed by atoms with Gasteiger partial charge in [0.15, 0.2) is 0 Å². The van der Waals surface area contributed by atoms with E-state index in [-0.39, 0.29) is 11.8 Å². The van der Waals surface area contributed by atoms with Crippen LogP contribution in [0.25, 0.3) is 11.1 Å². The van der Waals surface area contributed by atoms with Crippen molar-refractivity contribution in [3.63, 3.8) is 0 Å². The zero-order valence-corrected chi connectivity index (χ0v) is 20.1. The van der Waals surface area contributed by atoms with Gasteiger partial charge in [0.1, 0.15) is 0 Å². The van der Waals surface area contributed by atoms with Crippen LogP contribution in [-0.2, 0) is 0 Å². The van der Waals surface area contributed by atoms with E-state index in [2.05, 4.69) is 15.5 Å². The summed E-state index contributed by atoms with van der Waals surface area (Å²) in [5.41, 5.74) is 4.07. The van der Waals surface area contributed by atoms with Crippen LogP contribution in [0.2, 0.25) is 0 Å². The predicted octanol–water partition coefficient (Wildman–Crippen LogP) is 5.60. The van der Waals surface area contributed by atoms with Gasteiger partial charge in [-0.25, -0.2) is 0 Å². The number of carbonyl (C=O) groups excluding carboxylic acids is 2. The second-order valence-corrected chi connectivity index (χ2v) is 9.69. The topological polar surface area (TPSA) is 61.4 Å². The summed E-state index contributed by atoms with van der Waals surface area (Å²) in [6.45, 7) is 3.15. The number of piperidine rings is 2. The summed E-state index contributed by atoms with van der Waals surface area (Å²) in [7, 11) is 0. The SMILES string of the molecule is O=C(NC[C@@H]1CCCN2CCCC[C@H]12)c1ccc(NC(=O)c2ccc(-c3ccccc3)cc2)cc1. The van der Waals surface area contributed by atoms with Crippen LogP contribution in [0.5, 0.6) is 0 Å². The highest BCUT2D eigenvalue weighted by Crippen LogP contribution is 2.30. The minimum absolute atomic E-state index is 0.0488. The van der Waals surface area contributed by atoms with Crippen LogP contribution in [0.15, 0.2) is 78.9 Å².